The molecule has 1 aromatic carbocycles. The molecule has 0 saturated carbocycles. The number of methoxy groups -OCH3 is 2. The minimum atomic E-state index is -0.728. The van der Waals surface area contributed by atoms with Crippen LogP contribution < -0.4 is 20.1 Å². The number of aryl methyl sites for hydroxylation is 2. The number of rotatable bonds is 4. The van der Waals surface area contributed by atoms with E-state index in [4.69, 9.17) is 14.2 Å². The maximum Gasteiger partial charge on any atom is 0.272 e. The van der Waals surface area contributed by atoms with Crippen LogP contribution in [0.5, 0.6) is 11.5 Å². The number of aromatic nitrogens is 2. The highest BCUT2D eigenvalue weighted by Crippen LogP contribution is 2.32. The first kappa shape index (κ1) is 31.8. The van der Waals surface area contributed by atoms with Gasteiger partial charge in [-0.25, -0.2) is 4.98 Å². The molecule has 3 aliphatic rings. The van der Waals surface area contributed by atoms with Crippen molar-refractivity contribution >= 4 is 23.6 Å². The Balaban J connectivity index is 1.53. The van der Waals surface area contributed by atoms with Gasteiger partial charge in [-0.3, -0.25) is 19.2 Å². The van der Waals surface area contributed by atoms with Gasteiger partial charge < -0.3 is 39.2 Å². The monoisotopic (exact) mass is 598 g/mol. The standard InChI is InChI=1S/C30H42N6O7/c1-34-20-31-17-24(34)30(40)36-18-22-16-23(36)29(39)33-11-4-5-13-35(28(38)19-41-2)14-6-12-32-27(37)10-8-21-7-9-25(43-22)26(15-21)42-3/h7,9,15,17,20,22-23H,4-6,8,10-14,16,18-19H2,1-3H3,(H,32,37)(H,33,39)/t22-,23-/m0/s1. The molecule has 1 saturated heterocycles. The van der Waals surface area contributed by atoms with Gasteiger partial charge in [0.15, 0.2) is 11.5 Å². The average molecular weight is 599 g/mol. The molecular formula is C30H42N6O7. The zero-order valence-electron chi connectivity index (χ0n) is 25.2. The summed E-state index contributed by atoms with van der Waals surface area (Å²) in [7, 11) is 4.76. The summed E-state index contributed by atoms with van der Waals surface area (Å²) < 4.78 is 18.5. The van der Waals surface area contributed by atoms with Gasteiger partial charge in [-0.1, -0.05) is 6.07 Å². The van der Waals surface area contributed by atoms with Crippen molar-refractivity contribution in [2.24, 2.45) is 7.05 Å². The highest BCUT2D eigenvalue weighted by Gasteiger charge is 2.42. The van der Waals surface area contributed by atoms with Crippen molar-refractivity contribution in [2.75, 3.05) is 53.6 Å². The summed E-state index contributed by atoms with van der Waals surface area (Å²) in [5, 5.41) is 5.90. The largest absolute Gasteiger partial charge is 0.493 e. The van der Waals surface area contributed by atoms with E-state index in [0.29, 0.717) is 81.9 Å². The van der Waals surface area contributed by atoms with Gasteiger partial charge >= 0.3 is 0 Å². The number of carbonyl (C=O) groups excluding carboxylic acids is 4. The first-order chi connectivity index (χ1) is 20.8. The van der Waals surface area contributed by atoms with Crippen molar-refractivity contribution in [3.8, 4) is 11.5 Å². The van der Waals surface area contributed by atoms with Crippen LogP contribution in [0.15, 0.2) is 30.7 Å². The van der Waals surface area contributed by atoms with Crippen molar-refractivity contribution in [1.82, 2.24) is 30.0 Å². The fraction of sp³-hybridized carbons (Fsp3) is 0.567. The molecule has 2 N–H and O–H groups in total. The number of fused-ring (bicyclic) bond motifs is 15. The molecule has 2 atom stereocenters. The van der Waals surface area contributed by atoms with Gasteiger partial charge in [-0.15, -0.1) is 0 Å². The molecule has 0 unspecified atom stereocenters. The van der Waals surface area contributed by atoms with Crippen LogP contribution in [-0.4, -0.2) is 109 Å². The Morgan fingerprint density at radius 2 is 1.86 bits per heavy atom. The maximum absolute atomic E-state index is 13.5. The lowest BCUT2D eigenvalue weighted by Gasteiger charge is -2.24. The van der Waals surface area contributed by atoms with E-state index in [0.717, 1.165) is 5.56 Å². The zero-order valence-corrected chi connectivity index (χ0v) is 25.2. The quantitative estimate of drug-likeness (QED) is 0.529. The number of ether oxygens (including phenoxy) is 3. The summed E-state index contributed by atoms with van der Waals surface area (Å²) in [5.74, 6) is 0.273. The second-order valence-corrected chi connectivity index (χ2v) is 10.8. The molecule has 4 amide bonds. The molecule has 5 rings (SSSR count). The lowest BCUT2D eigenvalue weighted by atomic mass is 10.1. The van der Waals surface area contributed by atoms with E-state index in [1.165, 1.54) is 18.2 Å². The second-order valence-electron chi connectivity index (χ2n) is 10.8. The van der Waals surface area contributed by atoms with Gasteiger partial charge in [0.2, 0.25) is 17.7 Å². The number of amides is 4. The number of likely N-dealkylation sites (tertiary alicyclic amines) is 1. The van der Waals surface area contributed by atoms with E-state index in [1.54, 1.807) is 36.0 Å². The molecule has 2 aromatic rings. The van der Waals surface area contributed by atoms with Crippen LogP contribution in [0.3, 0.4) is 0 Å². The van der Waals surface area contributed by atoms with Gasteiger partial charge in [-0.2, -0.15) is 0 Å². The van der Waals surface area contributed by atoms with Crippen LogP contribution in [0, 0.1) is 0 Å². The fourth-order valence-electron chi connectivity index (χ4n) is 5.39. The predicted octanol–water partition coefficient (Wildman–Crippen LogP) is 0.915. The van der Waals surface area contributed by atoms with Crippen LogP contribution >= 0.6 is 0 Å². The summed E-state index contributed by atoms with van der Waals surface area (Å²) in [6.45, 7) is 2.04. The number of nitrogens with zero attached hydrogens (tertiary/aromatic N) is 4. The third kappa shape index (κ3) is 8.46. The first-order valence-electron chi connectivity index (χ1n) is 14.7. The molecule has 3 aliphatic heterocycles. The SMILES string of the molecule is COCC(=O)N1CCCCNC(=O)[C@@H]2C[C@@H](CN2C(=O)c2cncn2C)Oc2ccc(cc2OC)CCC(=O)NCCC1. The van der Waals surface area contributed by atoms with Crippen molar-refractivity contribution in [2.45, 2.75) is 50.7 Å². The van der Waals surface area contributed by atoms with E-state index in [1.807, 2.05) is 12.1 Å². The minimum Gasteiger partial charge on any atom is -0.493 e. The number of carbonyl (C=O) groups is 4. The molecule has 0 radical (unpaired) electrons. The molecule has 43 heavy (non-hydrogen) atoms. The van der Waals surface area contributed by atoms with Crippen LogP contribution in [0.25, 0.3) is 0 Å². The Hall–Kier alpha value is -4.13. The molecule has 4 bridgehead atoms. The van der Waals surface area contributed by atoms with E-state index < -0.39 is 12.1 Å². The summed E-state index contributed by atoms with van der Waals surface area (Å²) in [4.78, 5) is 59.3. The van der Waals surface area contributed by atoms with Gasteiger partial charge in [-0.05, 0) is 43.4 Å². The molecular weight excluding hydrogens is 556 g/mol. The zero-order chi connectivity index (χ0) is 30.8. The van der Waals surface area contributed by atoms with Crippen molar-refractivity contribution in [1.29, 1.82) is 0 Å². The van der Waals surface area contributed by atoms with Crippen molar-refractivity contribution < 1.29 is 33.4 Å². The normalized spacial score (nSPS) is 20.8. The highest BCUT2D eigenvalue weighted by atomic mass is 16.5. The van der Waals surface area contributed by atoms with Crippen LogP contribution in [0.4, 0.5) is 0 Å². The van der Waals surface area contributed by atoms with Gasteiger partial charge in [0.1, 0.15) is 24.4 Å². The Bertz CT molecular complexity index is 1280. The first-order valence-corrected chi connectivity index (χ1v) is 14.7. The molecule has 234 valence electrons. The Morgan fingerprint density at radius 3 is 2.60 bits per heavy atom. The molecule has 1 aromatic heterocycles. The molecule has 1 fully saturated rings. The van der Waals surface area contributed by atoms with Gasteiger partial charge in [0.25, 0.3) is 5.91 Å². The Morgan fingerprint density at radius 1 is 1.07 bits per heavy atom. The lowest BCUT2D eigenvalue weighted by molar-refractivity contribution is -0.135. The summed E-state index contributed by atoms with van der Waals surface area (Å²) >= 11 is 0. The van der Waals surface area contributed by atoms with Gasteiger partial charge in [0.05, 0.1) is 26.2 Å². The van der Waals surface area contributed by atoms with E-state index in [-0.39, 0.29) is 36.8 Å². The molecule has 4 heterocycles. The van der Waals surface area contributed by atoms with E-state index in [2.05, 4.69) is 15.6 Å². The number of hydrogen-bond donors (Lipinski definition) is 2. The number of hydrogen-bond acceptors (Lipinski definition) is 8. The van der Waals surface area contributed by atoms with E-state index >= 15 is 0 Å². The molecule has 13 nitrogen and oxygen atoms in total. The summed E-state index contributed by atoms with van der Waals surface area (Å²) in [5.41, 5.74) is 1.29. The van der Waals surface area contributed by atoms with Crippen LogP contribution in [0.2, 0.25) is 0 Å². The molecule has 13 heteroatoms. The number of imidazole rings is 1. The van der Waals surface area contributed by atoms with Gasteiger partial charge in [0, 0.05) is 53.2 Å². The Kier molecular flexibility index (Phi) is 11.4. The maximum atomic E-state index is 13.5. The third-order valence-electron chi connectivity index (χ3n) is 7.73. The molecule has 0 aliphatic carbocycles. The topological polar surface area (TPSA) is 144 Å². The summed E-state index contributed by atoms with van der Waals surface area (Å²) in [6, 6.07) is 4.79. The minimum absolute atomic E-state index is 0.0171. The number of nitrogens with one attached hydrogen (secondary N) is 2. The fourth-order valence-corrected chi connectivity index (χ4v) is 5.39. The number of benzene rings is 1. The van der Waals surface area contributed by atoms with Crippen molar-refractivity contribution in [3.63, 3.8) is 0 Å². The Labute approximate surface area is 251 Å². The second kappa shape index (κ2) is 15.4. The predicted molar refractivity (Wildman–Crippen MR) is 157 cm³/mol. The highest BCUT2D eigenvalue weighted by molar-refractivity contribution is 5.96. The van der Waals surface area contributed by atoms with Crippen LogP contribution in [-0.2, 0) is 32.6 Å². The summed E-state index contributed by atoms with van der Waals surface area (Å²) in [6.07, 6.45) is 5.64. The average Bonchev–Trinajstić information content (AvgIpc) is 3.62. The lowest BCUT2D eigenvalue weighted by Crippen LogP contribution is -2.46. The van der Waals surface area contributed by atoms with Crippen molar-refractivity contribution in [3.05, 3.63) is 42.0 Å². The van der Waals surface area contributed by atoms with E-state index in [9.17, 15) is 19.2 Å². The third-order valence-corrected chi connectivity index (χ3v) is 7.73. The smallest absolute Gasteiger partial charge is 0.272 e. The molecule has 0 spiro atoms. The van der Waals surface area contributed by atoms with Crippen LogP contribution in [0.1, 0.15) is 48.2 Å².